The first-order chi connectivity index (χ1) is 12.8. The number of sulfonamides is 1. The molecule has 0 N–H and O–H groups in total. The molecule has 2 fully saturated rings. The van der Waals surface area contributed by atoms with Gasteiger partial charge < -0.3 is 14.5 Å². The Morgan fingerprint density at radius 3 is 2.39 bits per heavy atom. The number of likely N-dealkylation sites (tertiary alicyclic amines) is 1. The predicted molar refractivity (Wildman–Crippen MR) is 111 cm³/mol. The third kappa shape index (κ3) is 4.98. The Bertz CT molecular complexity index is 792. The molecule has 0 bridgehead atoms. The highest BCUT2D eigenvalue weighted by Crippen LogP contribution is 2.27. The molecule has 1 aromatic rings. The van der Waals surface area contributed by atoms with Gasteiger partial charge in [0.1, 0.15) is 4.90 Å². The minimum Gasteiger partial charge on any atom is -0.379 e. The highest BCUT2D eigenvalue weighted by atomic mass is 35.5. The molecule has 0 radical (unpaired) electrons. The van der Waals surface area contributed by atoms with E-state index in [1.165, 1.54) is 16.4 Å². The molecule has 1 aromatic carbocycles. The fourth-order valence-electron chi connectivity index (χ4n) is 3.51. The van der Waals surface area contributed by atoms with Crippen molar-refractivity contribution >= 4 is 39.9 Å². The van der Waals surface area contributed by atoms with Gasteiger partial charge in [0, 0.05) is 31.7 Å². The van der Waals surface area contributed by atoms with Crippen molar-refractivity contribution in [2.45, 2.75) is 23.8 Å². The predicted octanol–water partition coefficient (Wildman–Crippen LogP) is 1.95. The molecule has 0 aliphatic carbocycles. The van der Waals surface area contributed by atoms with E-state index < -0.39 is 10.0 Å². The number of morpholine rings is 1. The molecule has 158 valence electrons. The van der Waals surface area contributed by atoms with Crippen LogP contribution in [0.3, 0.4) is 0 Å². The quantitative estimate of drug-likeness (QED) is 0.699. The first kappa shape index (κ1) is 23.4. The average molecular weight is 452 g/mol. The van der Waals surface area contributed by atoms with E-state index in [2.05, 4.69) is 11.9 Å². The number of ether oxygens (including phenoxy) is 1. The summed E-state index contributed by atoms with van der Waals surface area (Å²) in [6, 6.07) is 4.64. The van der Waals surface area contributed by atoms with Gasteiger partial charge in [0.15, 0.2) is 0 Å². The van der Waals surface area contributed by atoms with Crippen molar-refractivity contribution < 1.29 is 17.9 Å². The summed E-state index contributed by atoms with van der Waals surface area (Å²) < 4.78 is 32.5. The topological polar surface area (TPSA) is 70.2 Å². The van der Waals surface area contributed by atoms with Gasteiger partial charge in [0.05, 0.1) is 18.2 Å². The number of rotatable bonds is 4. The lowest BCUT2D eigenvalue weighted by atomic mass is 10.0. The van der Waals surface area contributed by atoms with E-state index in [1.54, 1.807) is 18.0 Å². The van der Waals surface area contributed by atoms with E-state index in [1.807, 2.05) is 0 Å². The minimum absolute atomic E-state index is 0. The number of amides is 1. The lowest BCUT2D eigenvalue weighted by Crippen LogP contribution is -2.44. The van der Waals surface area contributed by atoms with Crippen molar-refractivity contribution in [1.82, 2.24) is 14.1 Å². The highest BCUT2D eigenvalue weighted by Gasteiger charge is 2.30. The average Bonchev–Trinajstić information content (AvgIpc) is 2.68. The Balaban J connectivity index is 0.00000280. The number of hydrogen-bond donors (Lipinski definition) is 0. The monoisotopic (exact) mass is 451 g/mol. The van der Waals surface area contributed by atoms with Gasteiger partial charge in [-0.05, 0) is 51.2 Å². The number of piperidine rings is 1. The Morgan fingerprint density at radius 2 is 1.79 bits per heavy atom. The molecular weight excluding hydrogens is 425 g/mol. The van der Waals surface area contributed by atoms with Gasteiger partial charge in [-0.15, -0.1) is 12.4 Å². The van der Waals surface area contributed by atoms with E-state index in [4.69, 9.17) is 16.3 Å². The second-order valence-electron chi connectivity index (χ2n) is 7.11. The van der Waals surface area contributed by atoms with Gasteiger partial charge >= 0.3 is 0 Å². The molecule has 10 heteroatoms. The smallest absolute Gasteiger partial charge is 0.253 e. The zero-order chi connectivity index (χ0) is 19.6. The van der Waals surface area contributed by atoms with E-state index in [9.17, 15) is 13.2 Å². The van der Waals surface area contributed by atoms with Gasteiger partial charge in [-0.25, -0.2) is 8.42 Å². The summed E-state index contributed by atoms with van der Waals surface area (Å²) in [6.07, 6.45) is 1.82. The molecule has 0 atom stereocenters. The van der Waals surface area contributed by atoms with Gasteiger partial charge in [-0.3, -0.25) is 4.79 Å². The molecule has 0 aromatic heterocycles. The summed E-state index contributed by atoms with van der Waals surface area (Å²) >= 11 is 6.18. The van der Waals surface area contributed by atoms with Crippen molar-refractivity contribution in [3.63, 3.8) is 0 Å². The van der Waals surface area contributed by atoms with Crippen molar-refractivity contribution in [3.8, 4) is 0 Å². The van der Waals surface area contributed by atoms with Gasteiger partial charge in [0.2, 0.25) is 10.0 Å². The maximum atomic E-state index is 12.9. The Kier molecular flexibility index (Phi) is 8.13. The zero-order valence-corrected chi connectivity index (χ0v) is 18.5. The summed E-state index contributed by atoms with van der Waals surface area (Å²) in [6.45, 7) is 3.17. The van der Waals surface area contributed by atoms with Crippen LogP contribution in [-0.4, -0.2) is 88.0 Å². The molecule has 0 spiro atoms. The van der Waals surface area contributed by atoms with Crippen LogP contribution in [0.1, 0.15) is 23.2 Å². The Hall–Kier alpha value is -0.900. The van der Waals surface area contributed by atoms with Crippen molar-refractivity contribution in [2.24, 2.45) is 0 Å². The minimum atomic E-state index is -3.76. The lowest BCUT2D eigenvalue weighted by Gasteiger charge is -2.35. The van der Waals surface area contributed by atoms with E-state index in [-0.39, 0.29) is 47.4 Å². The SMILES string of the molecule is CN1CCC(N(C)C(=O)c2ccc(Cl)c(S(=O)(=O)N3CCOCC3)c2)CC1.Cl. The summed E-state index contributed by atoms with van der Waals surface area (Å²) in [5.74, 6) is -0.181. The van der Waals surface area contributed by atoms with Crippen LogP contribution < -0.4 is 0 Å². The van der Waals surface area contributed by atoms with Crippen molar-refractivity contribution in [3.05, 3.63) is 28.8 Å². The van der Waals surface area contributed by atoms with Crippen LogP contribution in [0.15, 0.2) is 23.1 Å². The lowest BCUT2D eigenvalue weighted by molar-refractivity contribution is 0.0659. The Morgan fingerprint density at radius 1 is 1.18 bits per heavy atom. The van der Waals surface area contributed by atoms with Crippen LogP contribution in [0.4, 0.5) is 0 Å². The number of carbonyl (C=O) groups is 1. The standard InChI is InChI=1S/C18H26ClN3O4S.ClH/c1-20-7-5-15(6-8-20)21(2)18(23)14-3-4-16(19)17(13-14)27(24,25)22-9-11-26-12-10-22;/h3-4,13,15H,5-12H2,1-2H3;1H. The number of nitrogens with zero attached hydrogens (tertiary/aromatic N) is 3. The molecule has 3 rings (SSSR count). The van der Waals surface area contributed by atoms with Gasteiger partial charge in [0.25, 0.3) is 5.91 Å². The number of halogens is 2. The first-order valence-electron chi connectivity index (χ1n) is 9.14. The summed E-state index contributed by atoms with van der Waals surface area (Å²) in [7, 11) is 0.0877. The number of hydrogen-bond acceptors (Lipinski definition) is 5. The molecule has 2 aliphatic heterocycles. The van der Waals surface area contributed by atoms with Crippen molar-refractivity contribution in [1.29, 1.82) is 0 Å². The third-order valence-corrected chi connectivity index (χ3v) is 7.70. The second kappa shape index (κ2) is 9.73. The molecule has 2 heterocycles. The van der Waals surface area contributed by atoms with Crippen LogP contribution >= 0.6 is 24.0 Å². The molecule has 0 unspecified atom stereocenters. The zero-order valence-electron chi connectivity index (χ0n) is 16.1. The van der Waals surface area contributed by atoms with E-state index >= 15 is 0 Å². The maximum Gasteiger partial charge on any atom is 0.253 e. The van der Waals surface area contributed by atoms with Crippen molar-refractivity contribution in [2.75, 3.05) is 53.5 Å². The van der Waals surface area contributed by atoms with Crippen LogP contribution in [0.5, 0.6) is 0 Å². The molecule has 7 nitrogen and oxygen atoms in total. The van der Waals surface area contributed by atoms with E-state index in [0.717, 1.165) is 25.9 Å². The normalized spacial score (nSPS) is 19.8. The van der Waals surface area contributed by atoms with Crippen LogP contribution in [0.2, 0.25) is 5.02 Å². The van der Waals surface area contributed by atoms with Crippen LogP contribution in [0.25, 0.3) is 0 Å². The second-order valence-corrected chi connectivity index (χ2v) is 9.43. The summed E-state index contributed by atoms with van der Waals surface area (Å²) in [5, 5.41) is 0.125. The largest absolute Gasteiger partial charge is 0.379 e. The van der Waals surface area contributed by atoms with Gasteiger partial charge in [-0.2, -0.15) is 4.31 Å². The number of carbonyl (C=O) groups excluding carboxylic acids is 1. The maximum absolute atomic E-state index is 12.9. The molecule has 0 saturated carbocycles. The van der Waals surface area contributed by atoms with Crippen LogP contribution in [0, 0.1) is 0 Å². The molecule has 2 saturated heterocycles. The molecule has 2 aliphatic rings. The Labute approximate surface area is 178 Å². The fraction of sp³-hybridized carbons (Fsp3) is 0.611. The molecule has 1 amide bonds. The third-order valence-electron chi connectivity index (χ3n) is 5.32. The number of benzene rings is 1. The van der Waals surface area contributed by atoms with Gasteiger partial charge in [-0.1, -0.05) is 11.6 Å². The van der Waals surface area contributed by atoms with E-state index in [0.29, 0.717) is 18.8 Å². The highest BCUT2D eigenvalue weighted by molar-refractivity contribution is 7.89. The fourth-order valence-corrected chi connectivity index (χ4v) is 5.42. The summed E-state index contributed by atoms with van der Waals surface area (Å²) in [5.41, 5.74) is 0.340. The molecule has 28 heavy (non-hydrogen) atoms. The summed E-state index contributed by atoms with van der Waals surface area (Å²) in [4.78, 5) is 16.9. The van der Waals surface area contributed by atoms with Crippen LogP contribution in [-0.2, 0) is 14.8 Å². The first-order valence-corrected chi connectivity index (χ1v) is 11.0. The molecular formula is C18H27Cl2N3O4S.